The fourth-order valence-electron chi connectivity index (χ4n) is 5.32. The van der Waals surface area contributed by atoms with E-state index in [1.54, 1.807) is 36.9 Å². The second-order valence-corrected chi connectivity index (χ2v) is 16.1. The summed E-state index contributed by atoms with van der Waals surface area (Å²) in [5.41, 5.74) is 7.10. The van der Waals surface area contributed by atoms with Crippen LogP contribution < -0.4 is 23.8 Å². The van der Waals surface area contributed by atoms with Crippen LogP contribution in [0.4, 0.5) is 0 Å². The van der Waals surface area contributed by atoms with Crippen molar-refractivity contribution in [1.82, 2.24) is 9.97 Å². The lowest BCUT2D eigenvalue weighted by Gasteiger charge is -2.22. The van der Waals surface area contributed by atoms with Gasteiger partial charge in [0.2, 0.25) is 0 Å². The Morgan fingerprint density at radius 3 is 1.69 bits per heavy atom. The fourth-order valence-corrected chi connectivity index (χ4v) is 8.67. The molecule has 3 unspecified atom stereocenters. The molecule has 0 saturated carbocycles. The van der Waals surface area contributed by atoms with Gasteiger partial charge in [-0.1, -0.05) is 104 Å². The van der Waals surface area contributed by atoms with Crippen LogP contribution in [0.2, 0.25) is 0 Å². The highest BCUT2D eigenvalue weighted by Crippen LogP contribution is 2.53. The Bertz CT molecular complexity index is 2370. The molecule has 0 amide bonds. The van der Waals surface area contributed by atoms with E-state index in [1.165, 1.54) is 11.8 Å². The maximum Gasteiger partial charge on any atom is 0.530 e. The van der Waals surface area contributed by atoms with Crippen LogP contribution >= 0.6 is 29.0 Å². The molecule has 12 heteroatoms. The largest absolute Gasteiger partial charge is 0.530 e. The Hall–Kier alpha value is -5.37. The van der Waals surface area contributed by atoms with E-state index in [-0.39, 0.29) is 6.04 Å². The maximum atomic E-state index is 6.80. The van der Waals surface area contributed by atoms with Gasteiger partial charge in [-0.25, -0.2) is 0 Å². The Labute approximate surface area is 355 Å². The van der Waals surface area contributed by atoms with Gasteiger partial charge in [0.1, 0.15) is 34.5 Å². The highest BCUT2D eigenvalue weighted by atomic mass is 32.2. The fraction of sp³-hybridized carbons (Fsp3) is 0.191. The van der Waals surface area contributed by atoms with Gasteiger partial charge >= 0.3 is 17.2 Å². The molecule has 2 heterocycles. The van der Waals surface area contributed by atoms with Crippen molar-refractivity contribution in [3.8, 4) is 23.0 Å². The third kappa shape index (κ3) is 13.6. The summed E-state index contributed by atoms with van der Waals surface area (Å²) in [6, 6.07) is 31.6. The first-order valence-electron chi connectivity index (χ1n) is 19.4. The summed E-state index contributed by atoms with van der Waals surface area (Å²) in [6.45, 7) is 13.8. The minimum absolute atomic E-state index is 0.0280. The van der Waals surface area contributed by atoms with Crippen molar-refractivity contribution in [1.29, 1.82) is 0 Å². The summed E-state index contributed by atoms with van der Waals surface area (Å²) in [6.07, 6.45) is 16.9. The van der Waals surface area contributed by atoms with Crippen molar-refractivity contribution in [2.24, 2.45) is 5.73 Å². The molecular weight excluding hydrogens is 797 g/mol. The van der Waals surface area contributed by atoms with Gasteiger partial charge in [0.15, 0.2) is 0 Å². The van der Waals surface area contributed by atoms with Gasteiger partial charge in [-0.05, 0) is 117 Å². The van der Waals surface area contributed by atoms with E-state index in [4.69, 9.17) is 32.9 Å². The molecule has 6 rings (SSSR count). The van der Waals surface area contributed by atoms with Crippen molar-refractivity contribution in [2.45, 2.75) is 70.7 Å². The van der Waals surface area contributed by atoms with Crippen molar-refractivity contribution in [2.75, 3.05) is 0 Å². The van der Waals surface area contributed by atoms with Crippen LogP contribution in [0.1, 0.15) is 54.9 Å². The summed E-state index contributed by atoms with van der Waals surface area (Å²) in [7, 11) is -4.03. The molecule has 4 aromatic carbocycles. The van der Waals surface area contributed by atoms with E-state index in [0.29, 0.717) is 40.9 Å². The van der Waals surface area contributed by atoms with E-state index < -0.39 is 17.2 Å². The lowest BCUT2D eigenvalue weighted by atomic mass is 10.1. The molecule has 0 fully saturated rings. The number of nitrogens with zero attached hydrogens (tertiary/aromatic N) is 2. The van der Waals surface area contributed by atoms with E-state index in [9.17, 15) is 0 Å². The maximum absolute atomic E-state index is 6.80. The highest BCUT2D eigenvalue weighted by Gasteiger charge is 2.27. The zero-order valence-corrected chi connectivity index (χ0v) is 37.0. The number of pyridine rings is 2. The molecule has 0 bridgehead atoms. The number of nitrogens with two attached hydrogens (primary N) is 1. The van der Waals surface area contributed by atoms with Crippen molar-refractivity contribution in [3.63, 3.8) is 0 Å². The molecule has 6 aromatic rings. The second kappa shape index (κ2) is 23.3. The Morgan fingerprint density at radius 1 is 0.695 bits per heavy atom. The van der Waals surface area contributed by atoms with Gasteiger partial charge in [-0.3, -0.25) is 9.97 Å². The molecular formula is C47H51N3O6P2S. The minimum atomic E-state index is -2.04. The number of allylic oxidation sites excluding steroid dienone is 6. The predicted octanol–water partition coefficient (Wildman–Crippen LogP) is 14.4. The minimum Gasteiger partial charge on any atom is -0.414 e. The number of aromatic nitrogens is 2. The molecule has 0 aliphatic carbocycles. The van der Waals surface area contributed by atoms with Gasteiger partial charge in [0.25, 0.3) is 0 Å². The molecule has 306 valence electrons. The van der Waals surface area contributed by atoms with Crippen molar-refractivity contribution < 1.29 is 27.1 Å². The van der Waals surface area contributed by atoms with Gasteiger partial charge in [-0.15, -0.1) is 0 Å². The Morgan fingerprint density at radius 2 is 1.22 bits per heavy atom. The molecule has 0 aliphatic heterocycles. The molecule has 2 N–H and O–H groups in total. The van der Waals surface area contributed by atoms with Crippen LogP contribution in [0.3, 0.4) is 0 Å². The normalized spacial score (nSPS) is 13.2. The molecule has 59 heavy (non-hydrogen) atoms. The Kier molecular flexibility index (Phi) is 17.6. The summed E-state index contributed by atoms with van der Waals surface area (Å²) in [5.74, 6) is 3.39. The lowest BCUT2D eigenvalue weighted by molar-refractivity contribution is 0.328. The quantitative estimate of drug-likeness (QED) is 0.0510. The van der Waals surface area contributed by atoms with Crippen LogP contribution in [-0.2, 0) is 9.05 Å². The first-order valence-corrected chi connectivity index (χ1v) is 22.4. The van der Waals surface area contributed by atoms with Crippen LogP contribution in [-0.4, -0.2) is 16.0 Å². The average Bonchev–Trinajstić information content (AvgIpc) is 3.24. The summed E-state index contributed by atoms with van der Waals surface area (Å²) >= 11 is 1.53. The third-order valence-corrected chi connectivity index (χ3v) is 11.4. The molecule has 9 nitrogen and oxygen atoms in total. The zero-order valence-electron chi connectivity index (χ0n) is 34.4. The standard InChI is InChI=1S/C45H45N3O6P2S.C2H6/c1-6-7-16-37(29-32(2)3)50-56(52-39-18-13-28-48-31-39)54-43-26-24-36-15-9-11-20-41(36)45(43)57-44-40-19-10-8-14-35(40)23-25-42(44)53-55(49-34(5)22-21-33(4)46)51-38-17-12-27-47-30-38;1-2/h6-20,22-31,33H,21,46H2,1-5H3;1-2H3/b7-6-,34-22+,37-16+;. The van der Waals surface area contributed by atoms with Crippen LogP contribution in [0.25, 0.3) is 21.5 Å². The summed E-state index contributed by atoms with van der Waals surface area (Å²) in [5, 5.41) is 4.02. The van der Waals surface area contributed by atoms with Crippen LogP contribution in [0.5, 0.6) is 23.0 Å². The van der Waals surface area contributed by atoms with Gasteiger partial charge in [-0.2, -0.15) is 0 Å². The first kappa shape index (κ1) is 44.7. The Balaban J connectivity index is 0.00000326. The average molecular weight is 848 g/mol. The molecule has 0 aliphatic rings. The third-order valence-electron chi connectivity index (χ3n) is 7.92. The van der Waals surface area contributed by atoms with E-state index >= 15 is 0 Å². The van der Waals surface area contributed by atoms with Gasteiger partial charge in [0.05, 0.1) is 22.2 Å². The second-order valence-electron chi connectivity index (χ2n) is 13.0. The monoisotopic (exact) mass is 847 g/mol. The molecule has 0 radical (unpaired) electrons. The number of fused-ring (bicyclic) bond motifs is 2. The molecule has 0 saturated heterocycles. The smallest absolute Gasteiger partial charge is 0.414 e. The number of benzene rings is 4. The van der Waals surface area contributed by atoms with E-state index in [1.807, 2.05) is 140 Å². The van der Waals surface area contributed by atoms with Crippen molar-refractivity contribution in [3.05, 3.63) is 169 Å². The lowest BCUT2D eigenvalue weighted by Crippen LogP contribution is -2.13. The zero-order chi connectivity index (χ0) is 42.0. The van der Waals surface area contributed by atoms with Crippen molar-refractivity contribution >= 4 is 50.5 Å². The SMILES string of the molecule is C/C=C\C=C(/C=C(C)C)OP(Oc1cccnc1)Oc1ccc2ccccc2c1Sc1c(OP(O/C(C)=C/CC(C)N)Oc2cccnc2)ccc2ccccc12.CC. The number of rotatable bonds is 18. The number of hydrogen-bond acceptors (Lipinski definition) is 10. The van der Waals surface area contributed by atoms with Gasteiger partial charge in [0, 0.05) is 18.4 Å². The molecule has 0 spiro atoms. The molecule has 2 aromatic heterocycles. The first-order chi connectivity index (χ1) is 28.7. The summed E-state index contributed by atoms with van der Waals surface area (Å²) in [4.78, 5) is 10.2. The van der Waals surface area contributed by atoms with E-state index in [2.05, 4.69) is 34.2 Å². The molecule has 3 atom stereocenters. The van der Waals surface area contributed by atoms with Crippen LogP contribution in [0, 0.1) is 0 Å². The van der Waals surface area contributed by atoms with Gasteiger partial charge < -0.3 is 32.9 Å². The summed E-state index contributed by atoms with van der Waals surface area (Å²) < 4.78 is 39.1. The predicted molar refractivity (Wildman–Crippen MR) is 245 cm³/mol. The number of hydrogen-bond donors (Lipinski definition) is 1. The topological polar surface area (TPSA) is 107 Å². The van der Waals surface area contributed by atoms with E-state index in [0.717, 1.165) is 36.9 Å². The highest BCUT2D eigenvalue weighted by molar-refractivity contribution is 8.00. The van der Waals surface area contributed by atoms with Crippen LogP contribution in [0.15, 0.2) is 179 Å².